The van der Waals surface area contributed by atoms with Crippen molar-refractivity contribution in [3.05, 3.63) is 45.8 Å². The topological polar surface area (TPSA) is 152 Å². The molecule has 1 N–H and O–H groups in total. The number of nitrogens with one attached hydrogen (secondary N) is 1. The fourth-order valence-corrected chi connectivity index (χ4v) is 9.05. The van der Waals surface area contributed by atoms with Gasteiger partial charge in [0.2, 0.25) is 5.52 Å². The van der Waals surface area contributed by atoms with Gasteiger partial charge in [0.25, 0.3) is 5.69 Å². The molecule has 15 heteroatoms. The smallest absolute Gasteiger partial charge is 0.346 e. The van der Waals surface area contributed by atoms with Crippen LogP contribution in [0.5, 0.6) is 0 Å². The molecular weight excluding hydrogens is 530 g/mol. The zero-order valence-corrected chi connectivity index (χ0v) is 22.9. The van der Waals surface area contributed by atoms with E-state index in [1.54, 1.807) is 45.2 Å². The Bertz CT molecular complexity index is 1250. The van der Waals surface area contributed by atoms with Gasteiger partial charge in [-0.1, -0.05) is 12.1 Å². The maximum Gasteiger partial charge on any atom is 0.365 e. The Hall–Kier alpha value is -2.24. The normalized spacial score (nSPS) is 12.4. The van der Waals surface area contributed by atoms with Crippen LogP contribution in [-0.2, 0) is 27.2 Å². The SMILES string of the molecule is CCOP(=O)(OCC)C(Nc1nc(-c2cccc([N+](=O)[O-])c2)nc2sccc12)P(=O)(OCC)OCC. The van der Waals surface area contributed by atoms with Crippen LogP contribution >= 0.6 is 26.5 Å². The Labute approximate surface area is 212 Å². The summed E-state index contributed by atoms with van der Waals surface area (Å²) in [6.07, 6.45) is 0. The summed E-state index contributed by atoms with van der Waals surface area (Å²) in [6, 6.07) is 7.63. The summed E-state index contributed by atoms with van der Waals surface area (Å²) < 4.78 is 49.9. The highest BCUT2D eigenvalue weighted by atomic mass is 32.1. The van der Waals surface area contributed by atoms with E-state index in [4.69, 9.17) is 18.1 Å². The molecule has 36 heavy (non-hydrogen) atoms. The molecule has 0 aliphatic rings. The van der Waals surface area contributed by atoms with Crippen molar-refractivity contribution in [2.45, 2.75) is 33.2 Å². The zero-order chi connectivity index (χ0) is 26.3. The minimum absolute atomic E-state index is 0.0181. The highest BCUT2D eigenvalue weighted by Gasteiger charge is 2.51. The third-order valence-electron chi connectivity index (χ3n) is 4.74. The Kier molecular flexibility index (Phi) is 9.71. The van der Waals surface area contributed by atoms with Gasteiger partial charge in [0.15, 0.2) is 5.82 Å². The number of nitro benzene ring substituents is 1. The van der Waals surface area contributed by atoms with Crippen molar-refractivity contribution in [3.63, 3.8) is 0 Å². The molecule has 0 radical (unpaired) electrons. The van der Waals surface area contributed by atoms with E-state index in [1.165, 1.54) is 29.5 Å². The molecular formula is C21H28N4O8P2S. The summed E-state index contributed by atoms with van der Waals surface area (Å²) in [5.74, 6) is 0.354. The molecule has 0 bridgehead atoms. The first kappa shape index (κ1) is 28.3. The van der Waals surface area contributed by atoms with Gasteiger partial charge in [0, 0.05) is 17.7 Å². The van der Waals surface area contributed by atoms with Crippen LogP contribution in [0.15, 0.2) is 35.7 Å². The molecule has 0 aliphatic carbocycles. The lowest BCUT2D eigenvalue weighted by Crippen LogP contribution is -2.26. The molecule has 0 unspecified atom stereocenters. The summed E-state index contributed by atoms with van der Waals surface area (Å²) in [5.41, 5.74) is -1.26. The lowest BCUT2D eigenvalue weighted by Gasteiger charge is -2.32. The number of hydrogen-bond donors (Lipinski definition) is 1. The number of fused-ring (bicyclic) bond motifs is 1. The van der Waals surface area contributed by atoms with Crippen molar-refractivity contribution in [2.24, 2.45) is 0 Å². The van der Waals surface area contributed by atoms with Gasteiger partial charge in [-0.3, -0.25) is 19.2 Å². The van der Waals surface area contributed by atoms with E-state index in [1.807, 2.05) is 0 Å². The summed E-state index contributed by atoms with van der Waals surface area (Å²) >= 11 is 1.32. The second-order valence-corrected chi connectivity index (χ2v) is 12.6. The number of benzene rings is 1. The monoisotopic (exact) mass is 558 g/mol. The second-order valence-electron chi connectivity index (χ2n) is 7.11. The van der Waals surface area contributed by atoms with Gasteiger partial charge >= 0.3 is 15.2 Å². The lowest BCUT2D eigenvalue weighted by atomic mass is 10.2. The molecule has 0 fully saturated rings. The predicted molar refractivity (Wildman–Crippen MR) is 139 cm³/mol. The number of aromatic nitrogens is 2. The second kappa shape index (κ2) is 12.3. The van der Waals surface area contributed by atoms with E-state index in [-0.39, 0.29) is 43.8 Å². The van der Waals surface area contributed by atoms with Gasteiger partial charge in [0.05, 0.1) is 36.7 Å². The molecule has 0 spiro atoms. The maximum absolute atomic E-state index is 13.9. The largest absolute Gasteiger partial charge is 0.365 e. The van der Waals surface area contributed by atoms with Crippen LogP contribution in [-0.4, -0.2) is 46.8 Å². The summed E-state index contributed by atoms with van der Waals surface area (Å²) in [5, 5.41) is 16.6. The molecule has 196 valence electrons. The van der Waals surface area contributed by atoms with E-state index < -0.39 is 25.6 Å². The van der Waals surface area contributed by atoms with Gasteiger partial charge in [-0.2, -0.15) is 0 Å². The third-order valence-corrected chi connectivity index (χ3v) is 11.2. The van der Waals surface area contributed by atoms with Crippen molar-refractivity contribution < 1.29 is 32.1 Å². The minimum atomic E-state index is -4.11. The Balaban J connectivity index is 2.20. The predicted octanol–water partition coefficient (Wildman–Crippen LogP) is 6.49. The minimum Gasteiger partial charge on any atom is -0.346 e. The summed E-state index contributed by atoms with van der Waals surface area (Å²) in [6.45, 7) is 6.62. The molecule has 0 atom stereocenters. The molecule has 0 saturated carbocycles. The van der Waals surface area contributed by atoms with Crippen molar-refractivity contribution in [3.8, 4) is 11.4 Å². The van der Waals surface area contributed by atoms with E-state index in [0.29, 0.717) is 15.8 Å². The van der Waals surface area contributed by atoms with Gasteiger partial charge in [-0.05, 0) is 39.1 Å². The zero-order valence-electron chi connectivity index (χ0n) is 20.3. The molecule has 12 nitrogen and oxygen atoms in total. The Morgan fingerprint density at radius 1 is 0.972 bits per heavy atom. The lowest BCUT2D eigenvalue weighted by molar-refractivity contribution is -0.384. The van der Waals surface area contributed by atoms with Gasteiger partial charge < -0.3 is 23.4 Å². The summed E-state index contributed by atoms with van der Waals surface area (Å²) in [4.78, 5) is 20.4. The molecule has 1 aromatic carbocycles. The van der Waals surface area contributed by atoms with Crippen LogP contribution < -0.4 is 5.32 Å². The van der Waals surface area contributed by atoms with Crippen molar-refractivity contribution in [2.75, 3.05) is 31.7 Å². The van der Waals surface area contributed by atoms with Gasteiger partial charge in [0.1, 0.15) is 10.6 Å². The molecule has 3 rings (SSSR count). The van der Waals surface area contributed by atoms with Crippen molar-refractivity contribution in [1.82, 2.24) is 9.97 Å². The standard InChI is InChI=1S/C21H28N4O8P2S/c1-5-30-34(28,31-6-2)21(35(29,32-7-3)33-8-4)24-19-17-12-13-36-20(17)23-18(22-19)15-10-9-11-16(14-15)25(26)27/h9-14,21H,5-8H2,1-4H3,(H,22,23,24). The number of rotatable bonds is 14. The van der Waals surface area contributed by atoms with E-state index in [9.17, 15) is 19.2 Å². The first-order valence-corrected chi connectivity index (χ1v) is 15.4. The van der Waals surface area contributed by atoms with E-state index in [2.05, 4.69) is 15.3 Å². The fraction of sp³-hybridized carbons (Fsp3) is 0.429. The van der Waals surface area contributed by atoms with Crippen LogP contribution in [0.1, 0.15) is 27.7 Å². The first-order chi connectivity index (χ1) is 17.2. The average molecular weight is 558 g/mol. The van der Waals surface area contributed by atoms with E-state index in [0.717, 1.165) is 0 Å². The van der Waals surface area contributed by atoms with Crippen LogP contribution in [0, 0.1) is 10.1 Å². The summed E-state index contributed by atoms with van der Waals surface area (Å²) in [7, 11) is -8.23. The van der Waals surface area contributed by atoms with Crippen molar-refractivity contribution >= 4 is 48.3 Å². The van der Waals surface area contributed by atoms with Crippen LogP contribution in [0.3, 0.4) is 0 Å². The first-order valence-electron chi connectivity index (χ1n) is 11.3. The molecule has 2 heterocycles. The molecule has 3 aromatic rings. The number of thiophene rings is 1. The number of nitro groups is 1. The highest BCUT2D eigenvalue weighted by molar-refractivity contribution is 7.73. The quantitative estimate of drug-likeness (QED) is 0.131. The number of anilines is 1. The Morgan fingerprint density at radius 3 is 2.08 bits per heavy atom. The molecule has 2 aromatic heterocycles. The average Bonchev–Trinajstić information content (AvgIpc) is 3.32. The van der Waals surface area contributed by atoms with Crippen molar-refractivity contribution in [1.29, 1.82) is 0 Å². The van der Waals surface area contributed by atoms with Crippen LogP contribution in [0.4, 0.5) is 11.5 Å². The van der Waals surface area contributed by atoms with Crippen LogP contribution in [0.25, 0.3) is 21.6 Å². The highest BCUT2D eigenvalue weighted by Crippen LogP contribution is 2.70. The number of non-ortho nitro benzene ring substituents is 1. The molecule has 0 saturated heterocycles. The van der Waals surface area contributed by atoms with E-state index >= 15 is 0 Å². The van der Waals surface area contributed by atoms with Gasteiger partial charge in [-0.25, -0.2) is 9.97 Å². The van der Waals surface area contributed by atoms with Gasteiger partial charge in [-0.15, -0.1) is 11.3 Å². The molecule has 0 aliphatic heterocycles. The maximum atomic E-state index is 13.9. The molecule has 0 amide bonds. The Morgan fingerprint density at radius 2 is 1.56 bits per heavy atom. The third kappa shape index (κ3) is 6.18. The number of nitrogens with zero attached hydrogens (tertiary/aromatic N) is 3. The number of hydrogen-bond acceptors (Lipinski definition) is 12. The van der Waals surface area contributed by atoms with Crippen LogP contribution in [0.2, 0.25) is 0 Å². The fourth-order valence-electron chi connectivity index (χ4n) is 3.38.